The predicted molar refractivity (Wildman–Crippen MR) is 62.5 cm³/mol. The summed E-state index contributed by atoms with van der Waals surface area (Å²) in [5, 5.41) is 3.42. The van der Waals surface area contributed by atoms with Crippen LogP contribution in [-0.4, -0.2) is 38.1 Å². The average molecular weight is 194 g/mol. The Bertz CT molecular complexity index is 216. The van der Waals surface area contributed by atoms with Crippen LogP contribution in [0.3, 0.4) is 0 Å². The van der Waals surface area contributed by atoms with Crippen LogP contribution in [0.25, 0.3) is 0 Å². The molecule has 0 aliphatic heterocycles. The lowest BCUT2D eigenvalue weighted by Crippen LogP contribution is -2.27. The highest BCUT2D eigenvalue weighted by molar-refractivity contribution is 5.26. The first-order valence-corrected chi connectivity index (χ1v) is 5.48. The first-order chi connectivity index (χ1) is 6.74. The smallest absolute Gasteiger partial charge is 0.0309 e. The minimum absolute atomic E-state index is 0.588. The van der Waals surface area contributed by atoms with Crippen LogP contribution in [0.2, 0.25) is 0 Å². The van der Waals surface area contributed by atoms with Crippen molar-refractivity contribution in [1.29, 1.82) is 0 Å². The van der Waals surface area contributed by atoms with Gasteiger partial charge in [0.05, 0.1) is 0 Å². The van der Waals surface area contributed by atoms with Gasteiger partial charge in [0, 0.05) is 12.6 Å². The Morgan fingerprint density at radius 1 is 1.50 bits per heavy atom. The summed E-state index contributed by atoms with van der Waals surface area (Å²) in [4.78, 5) is 2.25. The molecular weight excluding hydrogens is 172 g/mol. The van der Waals surface area contributed by atoms with Gasteiger partial charge in [-0.2, -0.15) is 0 Å². The fraction of sp³-hybridized carbons (Fsp3) is 0.667. The lowest BCUT2D eigenvalue weighted by atomic mass is 10.0. The fourth-order valence-electron chi connectivity index (χ4n) is 1.58. The van der Waals surface area contributed by atoms with Crippen molar-refractivity contribution in [2.45, 2.75) is 25.8 Å². The summed E-state index contributed by atoms with van der Waals surface area (Å²) in [6, 6.07) is 0.588. The van der Waals surface area contributed by atoms with Crippen molar-refractivity contribution in [3.05, 3.63) is 23.8 Å². The zero-order chi connectivity index (χ0) is 10.4. The molecule has 2 nitrogen and oxygen atoms in total. The molecule has 0 radical (unpaired) electrons. The van der Waals surface area contributed by atoms with Crippen LogP contribution in [0.5, 0.6) is 0 Å². The van der Waals surface area contributed by atoms with E-state index in [-0.39, 0.29) is 0 Å². The molecule has 14 heavy (non-hydrogen) atoms. The fourth-order valence-corrected chi connectivity index (χ4v) is 1.58. The van der Waals surface area contributed by atoms with E-state index < -0.39 is 0 Å². The zero-order valence-electron chi connectivity index (χ0n) is 9.59. The van der Waals surface area contributed by atoms with E-state index in [2.05, 4.69) is 49.5 Å². The second-order valence-corrected chi connectivity index (χ2v) is 4.08. The van der Waals surface area contributed by atoms with Crippen LogP contribution >= 0.6 is 0 Å². The molecule has 2 heteroatoms. The third-order valence-corrected chi connectivity index (χ3v) is 2.57. The molecule has 1 atom stereocenters. The highest BCUT2D eigenvalue weighted by Gasteiger charge is 2.09. The molecule has 1 unspecified atom stereocenters. The minimum atomic E-state index is 0.588. The van der Waals surface area contributed by atoms with Gasteiger partial charge < -0.3 is 10.2 Å². The standard InChI is InChI=1S/C12H22N2/c1-4-9-13-10-11-5-7-12(8-6-11)14(2)3/h5-7,12-13H,4,8-10H2,1-3H3. The van der Waals surface area contributed by atoms with Gasteiger partial charge in [-0.15, -0.1) is 0 Å². The molecule has 0 saturated carbocycles. The number of hydrogen-bond acceptors (Lipinski definition) is 2. The van der Waals surface area contributed by atoms with E-state index in [9.17, 15) is 0 Å². The second-order valence-electron chi connectivity index (χ2n) is 4.08. The number of likely N-dealkylation sites (N-methyl/N-ethyl adjacent to an activating group) is 1. The normalized spacial score (nSPS) is 21.4. The van der Waals surface area contributed by atoms with E-state index in [1.54, 1.807) is 0 Å². The highest BCUT2D eigenvalue weighted by atomic mass is 15.1. The number of nitrogens with zero attached hydrogens (tertiary/aromatic N) is 1. The van der Waals surface area contributed by atoms with Crippen molar-refractivity contribution in [2.24, 2.45) is 0 Å². The van der Waals surface area contributed by atoms with Gasteiger partial charge in [-0.05, 0) is 39.1 Å². The molecule has 80 valence electrons. The van der Waals surface area contributed by atoms with Crippen molar-refractivity contribution < 1.29 is 0 Å². The summed E-state index contributed by atoms with van der Waals surface area (Å²) in [7, 11) is 4.26. The predicted octanol–water partition coefficient (Wildman–Crippen LogP) is 1.80. The SMILES string of the molecule is CCCNCC1=CCC(N(C)C)C=C1. The lowest BCUT2D eigenvalue weighted by molar-refractivity contribution is 0.343. The van der Waals surface area contributed by atoms with Crippen molar-refractivity contribution in [3.8, 4) is 0 Å². The molecule has 0 fully saturated rings. The Morgan fingerprint density at radius 3 is 2.79 bits per heavy atom. The Labute approximate surface area is 87.7 Å². The van der Waals surface area contributed by atoms with Gasteiger partial charge in [-0.25, -0.2) is 0 Å². The minimum Gasteiger partial charge on any atom is -0.313 e. The molecule has 0 aromatic heterocycles. The summed E-state index contributed by atoms with van der Waals surface area (Å²) < 4.78 is 0. The van der Waals surface area contributed by atoms with Crippen LogP contribution in [0.4, 0.5) is 0 Å². The Morgan fingerprint density at radius 2 is 2.29 bits per heavy atom. The molecule has 0 amide bonds. The number of hydrogen-bond donors (Lipinski definition) is 1. The van der Waals surface area contributed by atoms with Gasteiger partial charge in [0.15, 0.2) is 0 Å². The van der Waals surface area contributed by atoms with E-state index in [0.717, 1.165) is 19.5 Å². The first kappa shape index (κ1) is 11.5. The molecule has 0 aromatic carbocycles. The number of rotatable bonds is 5. The molecule has 1 rings (SSSR count). The van der Waals surface area contributed by atoms with Gasteiger partial charge in [-0.1, -0.05) is 25.2 Å². The van der Waals surface area contributed by atoms with Crippen molar-refractivity contribution in [1.82, 2.24) is 10.2 Å². The molecule has 1 aliphatic rings. The molecule has 0 heterocycles. The molecule has 0 spiro atoms. The summed E-state index contributed by atoms with van der Waals surface area (Å²) in [6.07, 6.45) is 9.23. The number of nitrogens with one attached hydrogen (secondary N) is 1. The second kappa shape index (κ2) is 5.99. The van der Waals surface area contributed by atoms with Crippen molar-refractivity contribution in [3.63, 3.8) is 0 Å². The third-order valence-electron chi connectivity index (χ3n) is 2.57. The van der Waals surface area contributed by atoms with Crippen LogP contribution in [-0.2, 0) is 0 Å². The van der Waals surface area contributed by atoms with Crippen LogP contribution < -0.4 is 5.32 Å². The van der Waals surface area contributed by atoms with E-state index in [1.165, 1.54) is 12.0 Å². The van der Waals surface area contributed by atoms with Crippen molar-refractivity contribution >= 4 is 0 Å². The zero-order valence-corrected chi connectivity index (χ0v) is 9.59. The van der Waals surface area contributed by atoms with Gasteiger partial charge >= 0.3 is 0 Å². The van der Waals surface area contributed by atoms with Gasteiger partial charge in [0.1, 0.15) is 0 Å². The average Bonchev–Trinajstić information content (AvgIpc) is 2.19. The first-order valence-electron chi connectivity index (χ1n) is 5.48. The maximum atomic E-state index is 3.42. The maximum absolute atomic E-state index is 3.42. The summed E-state index contributed by atoms with van der Waals surface area (Å²) in [5.41, 5.74) is 1.43. The molecule has 1 N–H and O–H groups in total. The van der Waals surface area contributed by atoms with E-state index >= 15 is 0 Å². The lowest BCUT2D eigenvalue weighted by Gasteiger charge is -2.22. The van der Waals surface area contributed by atoms with E-state index in [0.29, 0.717) is 6.04 Å². The van der Waals surface area contributed by atoms with E-state index in [1.807, 2.05) is 0 Å². The maximum Gasteiger partial charge on any atom is 0.0309 e. The summed E-state index contributed by atoms with van der Waals surface area (Å²) in [5.74, 6) is 0. The van der Waals surface area contributed by atoms with Gasteiger partial charge in [0.25, 0.3) is 0 Å². The Kier molecular flexibility index (Phi) is 4.91. The monoisotopic (exact) mass is 194 g/mol. The Hall–Kier alpha value is -0.600. The molecule has 1 aliphatic carbocycles. The van der Waals surface area contributed by atoms with E-state index in [4.69, 9.17) is 0 Å². The highest BCUT2D eigenvalue weighted by Crippen LogP contribution is 2.12. The molecule has 0 bridgehead atoms. The van der Waals surface area contributed by atoms with Gasteiger partial charge in [0.2, 0.25) is 0 Å². The van der Waals surface area contributed by atoms with Gasteiger partial charge in [-0.3, -0.25) is 0 Å². The largest absolute Gasteiger partial charge is 0.313 e. The van der Waals surface area contributed by atoms with Crippen molar-refractivity contribution in [2.75, 3.05) is 27.2 Å². The van der Waals surface area contributed by atoms with Crippen LogP contribution in [0.15, 0.2) is 23.8 Å². The van der Waals surface area contributed by atoms with Crippen LogP contribution in [0, 0.1) is 0 Å². The molecule has 0 aromatic rings. The van der Waals surface area contributed by atoms with Crippen LogP contribution in [0.1, 0.15) is 19.8 Å². The Balaban J connectivity index is 2.28. The summed E-state index contributed by atoms with van der Waals surface area (Å²) in [6.45, 7) is 4.33. The topological polar surface area (TPSA) is 15.3 Å². The molecule has 0 saturated heterocycles. The quantitative estimate of drug-likeness (QED) is 0.671. The molecular formula is C12H22N2. The summed E-state index contributed by atoms with van der Waals surface area (Å²) >= 11 is 0. The third kappa shape index (κ3) is 3.64.